The number of nitrogens with one attached hydrogen (secondary N) is 1. The molecule has 3 rings (SSSR count). The summed E-state index contributed by atoms with van der Waals surface area (Å²) in [6.07, 6.45) is 4.02. The zero-order chi connectivity index (χ0) is 9.38. The SMILES string of the molecule is c1ccc(N2CCCN2)c(C2CC2)c1. The van der Waals surface area contributed by atoms with E-state index in [2.05, 4.69) is 34.7 Å². The molecular weight excluding hydrogens is 172 g/mol. The Bertz CT molecular complexity index is 325. The first-order valence-corrected chi connectivity index (χ1v) is 5.55. The normalized spacial score (nSPS) is 21.6. The summed E-state index contributed by atoms with van der Waals surface area (Å²) in [6.45, 7) is 2.28. The summed E-state index contributed by atoms with van der Waals surface area (Å²) in [5.41, 5.74) is 6.38. The van der Waals surface area contributed by atoms with E-state index in [-0.39, 0.29) is 0 Å². The number of rotatable bonds is 2. The fraction of sp³-hybridized carbons (Fsp3) is 0.500. The van der Waals surface area contributed by atoms with E-state index in [1.807, 2.05) is 0 Å². The van der Waals surface area contributed by atoms with Crippen LogP contribution in [0.3, 0.4) is 0 Å². The Morgan fingerprint density at radius 3 is 2.79 bits per heavy atom. The molecule has 0 spiro atoms. The maximum Gasteiger partial charge on any atom is 0.0554 e. The van der Waals surface area contributed by atoms with Crippen molar-refractivity contribution in [1.82, 2.24) is 5.43 Å². The van der Waals surface area contributed by atoms with Crippen LogP contribution in [0, 0.1) is 0 Å². The average Bonchev–Trinajstić information content (AvgIpc) is 2.94. The highest BCUT2D eigenvalue weighted by Crippen LogP contribution is 2.44. The predicted octanol–water partition coefficient (Wildman–Crippen LogP) is 2.28. The third kappa shape index (κ3) is 1.40. The van der Waals surface area contributed by atoms with Crippen molar-refractivity contribution < 1.29 is 0 Å². The van der Waals surface area contributed by atoms with Gasteiger partial charge in [0, 0.05) is 13.1 Å². The van der Waals surface area contributed by atoms with E-state index >= 15 is 0 Å². The molecular formula is C12H16N2. The average molecular weight is 188 g/mol. The molecule has 0 aromatic heterocycles. The Morgan fingerprint density at radius 2 is 2.07 bits per heavy atom. The highest BCUT2D eigenvalue weighted by atomic mass is 15.5. The molecule has 0 atom stereocenters. The van der Waals surface area contributed by atoms with Crippen molar-refractivity contribution in [2.75, 3.05) is 18.1 Å². The molecule has 0 radical (unpaired) electrons. The zero-order valence-corrected chi connectivity index (χ0v) is 8.37. The fourth-order valence-corrected chi connectivity index (χ4v) is 2.21. The monoisotopic (exact) mass is 188 g/mol. The molecule has 1 N–H and O–H groups in total. The summed E-state index contributed by atoms with van der Waals surface area (Å²) in [4.78, 5) is 0. The predicted molar refractivity (Wildman–Crippen MR) is 58.4 cm³/mol. The quantitative estimate of drug-likeness (QED) is 0.766. The highest BCUT2D eigenvalue weighted by molar-refractivity contribution is 5.55. The largest absolute Gasteiger partial charge is 0.308 e. The van der Waals surface area contributed by atoms with E-state index in [4.69, 9.17) is 0 Å². The van der Waals surface area contributed by atoms with E-state index in [9.17, 15) is 0 Å². The van der Waals surface area contributed by atoms with Crippen LogP contribution in [-0.2, 0) is 0 Å². The van der Waals surface area contributed by atoms with Gasteiger partial charge in [-0.25, -0.2) is 5.43 Å². The van der Waals surface area contributed by atoms with Gasteiger partial charge in [-0.05, 0) is 36.8 Å². The minimum Gasteiger partial charge on any atom is -0.308 e. The molecule has 74 valence electrons. The number of para-hydroxylation sites is 1. The molecule has 14 heavy (non-hydrogen) atoms. The fourth-order valence-electron chi connectivity index (χ4n) is 2.21. The van der Waals surface area contributed by atoms with Crippen LogP contribution in [0.25, 0.3) is 0 Å². The first-order chi connectivity index (χ1) is 6.95. The van der Waals surface area contributed by atoms with Gasteiger partial charge in [0.2, 0.25) is 0 Å². The van der Waals surface area contributed by atoms with Gasteiger partial charge < -0.3 is 5.01 Å². The lowest BCUT2D eigenvalue weighted by atomic mass is 10.1. The molecule has 1 saturated heterocycles. The molecule has 1 aromatic carbocycles. The number of anilines is 1. The third-order valence-electron chi connectivity index (χ3n) is 3.11. The smallest absolute Gasteiger partial charge is 0.0554 e. The van der Waals surface area contributed by atoms with Gasteiger partial charge >= 0.3 is 0 Å². The summed E-state index contributed by atoms with van der Waals surface area (Å²) < 4.78 is 0. The molecule has 2 heteroatoms. The van der Waals surface area contributed by atoms with Crippen molar-refractivity contribution in [2.45, 2.75) is 25.2 Å². The minimum atomic E-state index is 0.841. The number of hydrazine groups is 1. The standard InChI is InChI=1S/C12H16N2/c1-2-5-12(14-9-3-8-13-14)11(4-1)10-6-7-10/h1-2,4-5,10,13H,3,6-9H2. The minimum absolute atomic E-state index is 0.841. The summed E-state index contributed by atoms with van der Waals surface area (Å²) in [7, 11) is 0. The Morgan fingerprint density at radius 1 is 1.21 bits per heavy atom. The van der Waals surface area contributed by atoms with Gasteiger partial charge in [0.25, 0.3) is 0 Å². The van der Waals surface area contributed by atoms with Gasteiger partial charge in [-0.3, -0.25) is 0 Å². The van der Waals surface area contributed by atoms with Crippen LogP contribution in [0.4, 0.5) is 5.69 Å². The molecule has 1 heterocycles. The molecule has 0 bridgehead atoms. The number of hydrogen-bond acceptors (Lipinski definition) is 2. The number of benzene rings is 1. The van der Waals surface area contributed by atoms with E-state index < -0.39 is 0 Å². The molecule has 2 nitrogen and oxygen atoms in total. The molecule has 0 amide bonds. The van der Waals surface area contributed by atoms with Crippen molar-refractivity contribution in [3.63, 3.8) is 0 Å². The van der Waals surface area contributed by atoms with Gasteiger partial charge in [-0.1, -0.05) is 18.2 Å². The second-order valence-corrected chi connectivity index (χ2v) is 4.25. The van der Waals surface area contributed by atoms with Crippen molar-refractivity contribution >= 4 is 5.69 Å². The van der Waals surface area contributed by atoms with Gasteiger partial charge in [0.05, 0.1) is 5.69 Å². The Kier molecular flexibility index (Phi) is 1.95. The van der Waals surface area contributed by atoms with Crippen LogP contribution >= 0.6 is 0 Å². The van der Waals surface area contributed by atoms with Crippen LogP contribution < -0.4 is 10.4 Å². The molecule has 1 saturated carbocycles. The summed E-state index contributed by atoms with van der Waals surface area (Å²) in [5.74, 6) is 0.841. The lowest BCUT2D eigenvalue weighted by molar-refractivity contribution is 0.781. The first-order valence-electron chi connectivity index (χ1n) is 5.55. The topological polar surface area (TPSA) is 15.3 Å². The van der Waals surface area contributed by atoms with Gasteiger partial charge in [0.1, 0.15) is 0 Å². The maximum absolute atomic E-state index is 3.43. The van der Waals surface area contributed by atoms with Crippen molar-refractivity contribution in [2.24, 2.45) is 0 Å². The molecule has 2 aliphatic rings. The van der Waals surface area contributed by atoms with Crippen molar-refractivity contribution in [1.29, 1.82) is 0 Å². The Balaban J connectivity index is 1.94. The summed E-state index contributed by atoms with van der Waals surface area (Å²) >= 11 is 0. The lowest BCUT2D eigenvalue weighted by Gasteiger charge is -2.21. The van der Waals surface area contributed by atoms with E-state index in [1.165, 1.54) is 24.9 Å². The van der Waals surface area contributed by atoms with Crippen molar-refractivity contribution in [3.8, 4) is 0 Å². The zero-order valence-electron chi connectivity index (χ0n) is 8.37. The molecule has 1 aliphatic carbocycles. The Labute approximate surface area is 84.9 Å². The van der Waals surface area contributed by atoms with Crippen LogP contribution in [0.5, 0.6) is 0 Å². The number of nitrogens with zero attached hydrogens (tertiary/aromatic N) is 1. The third-order valence-corrected chi connectivity index (χ3v) is 3.11. The lowest BCUT2D eigenvalue weighted by Crippen LogP contribution is -2.31. The molecule has 0 unspecified atom stereocenters. The summed E-state index contributed by atoms with van der Waals surface area (Å²) in [5, 5.41) is 2.31. The first kappa shape index (κ1) is 8.30. The maximum atomic E-state index is 3.43. The van der Waals surface area contributed by atoms with E-state index in [0.717, 1.165) is 19.0 Å². The van der Waals surface area contributed by atoms with Crippen LogP contribution in [0.2, 0.25) is 0 Å². The van der Waals surface area contributed by atoms with Crippen LogP contribution in [0.15, 0.2) is 24.3 Å². The molecule has 2 fully saturated rings. The second kappa shape index (κ2) is 3.28. The molecule has 1 aliphatic heterocycles. The van der Waals surface area contributed by atoms with Crippen LogP contribution in [-0.4, -0.2) is 13.1 Å². The van der Waals surface area contributed by atoms with E-state index in [1.54, 1.807) is 5.56 Å². The van der Waals surface area contributed by atoms with E-state index in [0.29, 0.717) is 0 Å². The Hall–Kier alpha value is -1.02. The van der Waals surface area contributed by atoms with Crippen LogP contribution in [0.1, 0.15) is 30.7 Å². The van der Waals surface area contributed by atoms with Gasteiger partial charge in [0.15, 0.2) is 0 Å². The van der Waals surface area contributed by atoms with Gasteiger partial charge in [-0.15, -0.1) is 0 Å². The highest BCUT2D eigenvalue weighted by Gasteiger charge is 2.27. The second-order valence-electron chi connectivity index (χ2n) is 4.25. The van der Waals surface area contributed by atoms with Crippen molar-refractivity contribution in [3.05, 3.63) is 29.8 Å². The molecule has 1 aromatic rings. The summed E-state index contributed by atoms with van der Waals surface area (Å²) in [6, 6.07) is 8.83. The number of hydrogen-bond donors (Lipinski definition) is 1. The van der Waals surface area contributed by atoms with Gasteiger partial charge in [-0.2, -0.15) is 0 Å².